The van der Waals surface area contributed by atoms with Crippen molar-refractivity contribution in [2.45, 2.75) is 64.2 Å². The molecular weight excluding hydrogens is 617 g/mol. The van der Waals surface area contributed by atoms with Crippen molar-refractivity contribution in [3.05, 3.63) is 110 Å². The molecule has 0 saturated carbocycles. The van der Waals surface area contributed by atoms with Crippen LogP contribution >= 0.6 is 7.82 Å². The van der Waals surface area contributed by atoms with Gasteiger partial charge < -0.3 is 18.9 Å². The quantitative estimate of drug-likeness (QED) is 0.195. The number of hydrogen-bond donors (Lipinski definition) is 1. The number of phosphoric ester groups is 1. The molecule has 0 radical (unpaired) electrons. The summed E-state index contributed by atoms with van der Waals surface area (Å²) in [6.07, 6.45) is 5.27. The van der Waals surface area contributed by atoms with Crippen LogP contribution in [0.25, 0.3) is 0 Å². The number of nitrogens with zero attached hydrogens (tertiary/aromatic N) is 2. The highest BCUT2D eigenvalue weighted by Crippen LogP contribution is 2.54. The summed E-state index contributed by atoms with van der Waals surface area (Å²) in [4.78, 5) is 53.5. The SMILES string of the molecule is Cc1cn([C@H]2C=C[C@@H](COP3(=O)OCc4cc(CCC(=O)N5CCC[C@H]5C(=O)OCc5ccccc5)ccc4O3)O2)c(=O)[nH]c1=O. The Morgan fingerprint density at radius 2 is 1.91 bits per heavy atom. The van der Waals surface area contributed by atoms with E-state index in [1.807, 2.05) is 36.4 Å². The number of aryl methyl sites for hydroxylation is 2. The zero-order valence-corrected chi connectivity index (χ0v) is 26.1. The van der Waals surface area contributed by atoms with Crippen LogP contribution < -0.4 is 15.8 Å². The van der Waals surface area contributed by atoms with Crippen LogP contribution in [0, 0.1) is 6.92 Å². The molecule has 46 heavy (non-hydrogen) atoms. The van der Waals surface area contributed by atoms with Crippen molar-refractivity contribution in [2.24, 2.45) is 0 Å². The van der Waals surface area contributed by atoms with Gasteiger partial charge in [0.25, 0.3) is 5.56 Å². The van der Waals surface area contributed by atoms with Gasteiger partial charge in [-0.05, 0) is 55.5 Å². The lowest BCUT2D eigenvalue weighted by Gasteiger charge is -2.26. The number of hydrogen-bond acceptors (Lipinski definition) is 10. The van der Waals surface area contributed by atoms with Crippen LogP contribution in [0.3, 0.4) is 0 Å². The molecule has 6 rings (SSSR count). The van der Waals surface area contributed by atoms with Gasteiger partial charge in [0, 0.05) is 30.3 Å². The molecule has 1 saturated heterocycles. The number of rotatable bonds is 10. The smallest absolute Gasteiger partial charge is 0.459 e. The van der Waals surface area contributed by atoms with Gasteiger partial charge >= 0.3 is 19.5 Å². The lowest BCUT2D eigenvalue weighted by atomic mass is 10.1. The minimum absolute atomic E-state index is 0.0219. The molecule has 2 aromatic carbocycles. The minimum Gasteiger partial charge on any atom is -0.459 e. The largest absolute Gasteiger partial charge is 0.530 e. The molecule has 4 atom stereocenters. The number of amides is 1. The topological polar surface area (TPSA) is 155 Å². The predicted octanol–water partition coefficient (Wildman–Crippen LogP) is 3.70. The monoisotopic (exact) mass is 651 g/mol. The van der Waals surface area contributed by atoms with Gasteiger partial charge in [-0.25, -0.2) is 14.2 Å². The van der Waals surface area contributed by atoms with Crippen LogP contribution in [0.1, 0.15) is 47.7 Å². The number of phosphoric acid groups is 1. The van der Waals surface area contributed by atoms with Crippen molar-refractivity contribution in [3.8, 4) is 5.75 Å². The zero-order valence-electron chi connectivity index (χ0n) is 25.2. The summed E-state index contributed by atoms with van der Waals surface area (Å²) in [6.45, 7) is 2.08. The fraction of sp³-hybridized carbons (Fsp3) is 0.375. The molecule has 1 amide bonds. The Morgan fingerprint density at radius 1 is 1.09 bits per heavy atom. The van der Waals surface area contributed by atoms with Gasteiger partial charge in [0.1, 0.15) is 24.5 Å². The predicted molar refractivity (Wildman–Crippen MR) is 164 cm³/mol. The second-order valence-corrected chi connectivity index (χ2v) is 12.9. The van der Waals surface area contributed by atoms with Crippen LogP contribution in [0.2, 0.25) is 0 Å². The number of H-pyrrole nitrogens is 1. The van der Waals surface area contributed by atoms with E-state index in [1.165, 1.54) is 10.8 Å². The molecule has 1 N–H and O–H groups in total. The third-order valence-corrected chi connectivity index (χ3v) is 9.36. The summed E-state index contributed by atoms with van der Waals surface area (Å²) in [5.74, 6) is -0.159. The van der Waals surface area contributed by atoms with E-state index in [1.54, 1.807) is 36.1 Å². The van der Waals surface area contributed by atoms with E-state index in [0.29, 0.717) is 36.3 Å². The lowest BCUT2D eigenvalue weighted by Crippen LogP contribution is -2.41. The highest BCUT2D eigenvalue weighted by Gasteiger charge is 2.37. The van der Waals surface area contributed by atoms with Crippen LogP contribution in [0.15, 0.2) is 76.5 Å². The molecule has 3 aliphatic rings. The highest BCUT2D eigenvalue weighted by molar-refractivity contribution is 7.49. The van der Waals surface area contributed by atoms with E-state index in [-0.39, 0.29) is 38.1 Å². The maximum atomic E-state index is 13.2. The number of aromatic amines is 1. The summed E-state index contributed by atoms with van der Waals surface area (Å²) in [5.41, 5.74) is 1.69. The molecule has 0 bridgehead atoms. The molecule has 0 aliphatic carbocycles. The molecule has 1 fully saturated rings. The highest BCUT2D eigenvalue weighted by atomic mass is 31.2. The first-order valence-electron chi connectivity index (χ1n) is 15.0. The maximum Gasteiger partial charge on any atom is 0.530 e. The van der Waals surface area contributed by atoms with E-state index in [4.69, 9.17) is 23.0 Å². The molecule has 0 spiro atoms. The Kier molecular flexibility index (Phi) is 9.37. The maximum absolute atomic E-state index is 13.2. The zero-order chi connectivity index (χ0) is 32.3. The van der Waals surface area contributed by atoms with Gasteiger partial charge in [-0.2, -0.15) is 0 Å². The van der Waals surface area contributed by atoms with Crippen molar-refractivity contribution >= 4 is 19.7 Å². The Morgan fingerprint density at radius 3 is 2.74 bits per heavy atom. The first kappa shape index (κ1) is 31.7. The molecule has 13 nitrogen and oxygen atoms in total. The number of likely N-dealkylation sites (tertiary alicyclic amines) is 1. The number of aromatic nitrogens is 2. The molecule has 3 aromatic rings. The fourth-order valence-corrected chi connectivity index (χ4v) is 6.79. The molecule has 3 aliphatic heterocycles. The van der Waals surface area contributed by atoms with Crippen molar-refractivity contribution in [1.82, 2.24) is 14.5 Å². The van der Waals surface area contributed by atoms with Crippen LogP contribution in [0.5, 0.6) is 5.75 Å². The molecule has 4 heterocycles. The Labute approximate surface area is 264 Å². The lowest BCUT2D eigenvalue weighted by molar-refractivity contribution is -0.154. The van der Waals surface area contributed by atoms with Gasteiger partial charge in [0.05, 0.1) is 13.2 Å². The second kappa shape index (κ2) is 13.6. The number of nitrogens with one attached hydrogen (secondary N) is 1. The number of esters is 1. The van der Waals surface area contributed by atoms with Crippen molar-refractivity contribution < 1.29 is 37.2 Å². The number of benzene rings is 2. The normalized spacial score (nSPS) is 23.6. The van der Waals surface area contributed by atoms with E-state index in [9.17, 15) is 23.7 Å². The van der Waals surface area contributed by atoms with Gasteiger partial charge in [-0.15, -0.1) is 0 Å². The van der Waals surface area contributed by atoms with Crippen LogP contribution in [-0.4, -0.2) is 51.6 Å². The first-order valence-corrected chi connectivity index (χ1v) is 16.5. The molecule has 14 heteroatoms. The van der Waals surface area contributed by atoms with Crippen LogP contribution in [0.4, 0.5) is 0 Å². The standard InChI is InChI=1S/C32H34N3O10P/c1-21-17-35(32(39)33-30(21)37)29-14-11-25(44-29)20-43-46(40)42-19-24-16-22(9-12-27(24)45-46)10-13-28(36)34-15-5-8-26(34)31(38)41-18-23-6-3-2-4-7-23/h2-4,6-7,9,11-12,14,16-17,25-26,29H,5,8,10,13,15,18-20H2,1H3,(H,33,37,39)/t25-,26-,29+,46?/m0/s1. The first-order chi connectivity index (χ1) is 22.2. The Balaban J connectivity index is 0.980. The van der Waals surface area contributed by atoms with E-state index in [0.717, 1.165) is 17.5 Å². The van der Waals surface area contributed by atoms with Gasteiger partial charge in [0.15, 0.2) is 6.23 Å². The van der Waals surface area contributed by atoms with Crippen molar-refractivity contribution in [2.75, 3.05) is 13.2 Å². The average molecular weight is 652 g/mol. The van der Waals surface area contributed by atoms with Gasteiger partial charge in [-0.1, -0.05) is 42.5 Å². The third kappa shape index (κ3) is 7.23. The Bertz CT molecular complexity index is 1800. The number of carbonyl (C=O) groups is 2. The fourth-order valence-electron chi connectivity index (χ4n) is 5.56. The van der Waals surface area contributed by atoms with Crippen molar-refractivity contribution in [1.29, 1.82) is 0 Å². The number of fused-ring (bicyclic) bond motifs is 1. The second-order valence-electron chi connectivity index (χ2n) is 11.3. The summed E-state index contributed by atoms with van der Waals surface area (Å²) in [6, 6.07) is 14.1. The van der Waals surface area contributed by atoms with E-state index in [2.05, 4.69) is 4.98 Å². The number of carbonyl (C=O) groups excluding carboxylic acids is 2. The Hall–Kier alpha value is -4.29. The van der Waals surface area contributed by atoms with E-state index < -0.39 is 37.4 Å². The minimum atomic E-state index is -3.95. The van der Waals surface area contributed by atoms with Crippen molar-refractivity contribution in [3.63, 3.8) is 0 Å². The van der Waals surface area contributed by atoms with Crippen LogP contribution in [-0.2, 0) is 52.3 Å². The third-order valence-electron chi connectivity index (χ3n) is 8.03. The summed E-state index contributed by atoms with van der Waals surface area (Å²) in [5, 5.41) is 0. The molecular formula is C32H34N3O10P. The summed E-state index contributed by atoms with van der Waals surface area (Å²) < 4.78 is 42.3. The van der Waals surface area contributed by atoms with Gasteiger partial charge in [-0.3, -0.25) is 28.2 Å². The van der Waals surface area contributed by atoms with Gasteiger partial charge in [0.2, 0.25) is 5.91 Å². The van der Waals surface area contributed by atoms with E-state index >= 15 is 0 Å². The number of ether oxygens (including phenoxy) is 2. The molecule has 1 aromatic heterocycles. The molecule has 1 unspecified atom stereocenters. The average Bonchev–Trinajstić information content (AvgIpc) is 3.74. The summed E-state index contributed by atoms with van der Waals surface area (Å²) in [7, 11) is -3.95. The molecule has 242 valence electrons. The summed E-state index contributed by atoms with van der Waals surface area (Å²) >= 11 is 0.